The molecule has 2 aromatic rings. The Morgan fingerprint density at radius 1 is 0.692 bits per heavy atom. The molecule has 0 aliphatic heterocycles. The molecule has 0 spiro atoms. The molecule has 0 saturated carbocycles. The zero-order valence-corrected chi connectivity index (χ0v) is 16.4. The maximum atomic E-state index is 5.50. The fraction of sp³-hybridized carbons (Fsp3) is 0.364. The fourth-order valence-corrected chi connectivity index (χ4v) is 3.31. The number of allylic oxidation sites excluding steroid dienone is 2. The van der Waals surface area contributed by atoms with Crippen LogP contribution in [0.3, 0.4) is 0 Å². The summed E-state index contributed by atoms with van der Waals surface area (Å²) < 4.78 is 21.7. The summed E-state index contributed by atoms with van der Waals surface area (Å²) >= 11 is 0. The second-order valence-corrected chi connectivity index (χ2v) is 6.09. The van der Waals surface area contributed by atoms with Crippen molar-refractivity contribution in [2.75, 3.05) is 28.4 Å². The predicted octanol–water partition coefficient (Wildman–Crippen LogP) is 5.07. The van der Waals surface area contributed by atoms with Gasteiger partial charge in [0.1, 0.15) is 0 Å². The summed E-state index contributed by atoms with van der Waals surface area (Å²) in [5, 5.41) is 0. The molecule has 140 valence electrons. The van der Waals surface area contributed by atoms with E-state index in [1.165, 1.54) is 0 Å². The maximum Gasteiger partial charge on any atom is 0.161 e. The molecule has 1 atom stereocenters. The van der Waals surface area contributed by atoms with Crippen LogP contribution in [-0.4, -0.2) is 28.4 Å². The molecule has 0 amide bonds. The van der Waals surface area contributed by atoms with Crippen LogP contribution in [0.5, 0.6) is 23.0 Å². The monoisotopic (exact) mass is 356 g/mol. The molecule has 4 nitrogen and oxygen atoms in total. The van der Waals surface area contributed by atoms with Crippen molar-refractivity contribution < 1.29 is 18.9 Å². The number of rotatable bonds is 8. The van der Waals surface area contributed by atoms with Crippen LogP contribution in [0.1, 0.15) is 30.9 Å². The van der Waals surface area contributed by atoms with Crippen LogP contribution in [0.2, 0.25) is 0 Å². The average Bonchev–Trinajstić information content (AvgIpc) is 2.68. The molecule has 0 unspecified atom stereocenters. The number of hydrogen-bond donors (Lipinski definition) is 0. The van der Waals surface area contributed by atoms with Gasteiger partial charge in [0.05, 0.1) is 28.4 Å². The van der Waals surface area contributed by atoms with Gasteiger partial charge in [0, 0.05) is 5.92 Å². The zero-order valence-electron chi connectivity index (χ0n) is 16.4. The van der Waals surface area contributed by atoms with Gasteiger partial charge in [0.15, 0.2) is 23.0 Å². The highest BCUT2D eigenvalue weighted by molar-refractivity contribution is 5.50. The van der Waals surface area contributed by atoms with Crippen LogP contribution in [-0.2, 0) is 0 Å². The minimum atomic E-state index is 0.144. The SMILES string of the molecule is C/C=C/[C@@H](C)C(c1ccc(OC)c(OC)c1)c1ccc(OC)c(OC)c1. The lowest BCUT2D eigenvalue weighted by Crippen LogP contribution is -2.10. The molecular weight excluding hydrogens is 328 g/mol. The Hall–Kier alpha value is -2.62. The highest BCUT2D eigenvalue weighted by Gasteiger charge is 2.22. The minimum Gasteiger partial charge on any atom is -0.493 e. The van der Waals surface area contributed by atoms with E-state index in [9.17, 15) is 0 Å². The van der Waals surface area contributed by atoms with E-state index in [0.717, 1.165) is 34.1 Å². The first-order chi connectivity index (χ1) is 12.6. The number of methoxy groups -OCH3 is 4. The summed E-state index contributed by atoms with van der Waals surface area (Å²) in [6.45, 7) is 4.24. The van der Waals surface area contributed by atoms with Crippen molar-refractivity contribution in [1.82, 2.24) is 0 Å². The Labute approximate surface area is 156 Å². The normalized spacial score (nSPS) is 12.3. The second kappa shape index (κ2) is 9.18. The van der Waals surface area contributed by atoms with Gasteiger partial charge in [-0.1, -0.05) is 31.2 Å². The van der Waals surface area contributed by atoms with E-state index in [-0.39, 0.29) is 11.8 Å². The van der Waals surface area contributed by atoms with Gasteiger partial charge >= 0.3 is 0 Å². The average molecular weight is 356 g/mol. The molecule has 0 aliphatic rings. The topological polar surface area (TPSA) is 36.9 Å². The molecule has 0 heterocycles. The predicted molar refractivity (Wildman–Crippen MR) is 105 cm³/mol. The van der Waals surface area contributed by atoms with Crippen LogP contribution >= 0.6 is 0 Å². The van der Waals surface area contributed by atoms with Crippen molar-refractivity contribution in [3.05, 3.63) is 59.7 Å². The van der Waals surface area contributed by atoms with Gasteiger partial charge in [-0.25, -0.2) is 0 Å². The van der Waals surface area contributed by atoms with Gasteiger partial charge < -0.3 is 18.9 Å². The standard InChI is InChI=1S/C22H28O4/c1-7-8-15(2)22(16-9-11-18(23-3)20(13-16)25-5)17-10-12-19(24-4)21(14-17)26-6/h7-15,22H,1-6H3/b8-7+/t15-/m1/s1. The van der Waals surface area contributed by atoms with E-state index in [1.807, 2.05) is 31.2 Å². The number of hydrogen-bond acceptors (Lipinski definition) is 4. The van der Waals surface area contributed by atoms with Crippen LogP contribution in [0.25, 0.3) is 0 Å². The summed E-state index contributed by atoms with van der Waals surface area (Å²) in [5.41, 5.74) is 2.31. The Balaban J connectivity index is 2.58. The Kier molecular flexibility index (Phi) is 6.96. The molecule has 2 aromatic carbocycles. The molecule has 0 aromatic heterocycles. The highest BCUT2D eigenvalue weighted by Crippen LogP contribution is 2.40. The quantitative estimate of drug-likeness (QED) is 0.619. The first kappa shape index (κ1) is 19.7. The highest BCUT2D eigenvalue weighted by atomic mass is 16.5. The van der Waals surface area contributed by atoms with Crippen LogP contribution in [0, 0.1) is 5.92 Å². The van der Waals surface area contributed by atoms with Crippen molar-refractivity contribution in [2.45, 2.75) is 19.8 Å². The Morgan fingerprint density at radius 3 is 1.46 bits per heavy atom. The van der Waals surface area contributed by atoms with E-state index < -0.39 is 0 Å². The molecule has 0 bridgehead atoms. The first-order valence-corrected chi connectivity index (χ1v) is 8.66. The molecular formula is C22H28O4. The summed E-state index contributed by atoms with van der Waals surface area (Å²) in [5.74, 6) is 3.33. The maximum absolute atomic E-state index is 5.50. The van der Waals surface area contributed by atoms with Gasteiger partial charge in [-0.15, -0.1) is 0 Å². The third-order valence-electron chi connectivity index (χ3n) is 4.56. The van der Waals surface area contributed by atoms with E-state index in [4.69, 9.17) is 18.9 Å². The largest absolute Gasteiger partial charge is 0.493 e. The lowest BCUT2D eigenvalue weighted by molar-refractivity contribution is 0.353. The Bertz CT molecular complexity index is 696. The second-order valence-electron chi connectivity index (χ2n) is 6.09. The minimum absolute atomic E-state index is 0.144. The molecule has 2 rings (SSSR count). The van der Waals surface area contributed by atoms with Gasteiger partial charge in [0.2, 0.25) is 0 Å². The van der Waals surface area contributed by atoms with Crippen molar-refractivity contribution in [2.24, 2.45) is 5.92 Å². The summed E-state index contributed by atoms with van der Waals surface area (Å²) in [6, 6.07) is 12.2. The number of benzene rings is 2. The van der Waals surface area contributed by atoms with Crippen LogP contribution < -0.4 is 18.9 Å². The van der Waals surface area contributed by atoms with Gasteiger partial charge in [-0.2, -0.15) is 0 Å². The molecule has 4 heteroatoms. The van der Waals surface area contributed by atoms with Crippen LogP contribution in [0.4, 0.5) is 0 Å². The van der Waals surface area contributed by atoms with Crippen molar-refractivity contribution >= 4 is 0 Å². The summed E-state index contributed by atoms with van der Waals surface area (Å²) in [4.78, 5) is 0. The van der Waals surface area contributed by atoms with Crippen molar-refractivity contribution in [1.29, 1.82) is 0 Å². The van der Waals surface area contributed by atoms with Crippen molar-refractivity contribution in [3.8, 4) is 23.0 Å². The fourth-order valence-electron chi connectivity index (χ4n) is 3.31. The van der Waals surface area contributed by atoms with Gasteiger partial charge in [0.25, 0.3) is 0 Å². The summed E-state index contributed by atoms with van der Waals surface area (Å²) in [7, 11) is 6.60. The molecule has 0 N–H and O–H groups in total. The summed E-state index contributed by atoms with van der Waals surface area (Å²) in [6.07, 6.45) is 4.29. The molecule has 0 radical (unpaired) electrons. The van der Waals surface area contributed by atoms with Crippen molar-refractivity contribution in [3.63, 3.8) is 0 Å². The molecule has 0 fully saturated rings. The smallest absolute Gasteiger partial charge is 0.161 e. The van der Waals surface area contributed by atoms with Gasteiger partial charge in [-0.05, 0) is 48.2 Å². The molecule has 0 saturated heterocycles. The van der Waals surface area contributed by atoms with E-state index >= 15 is 0 Å². The molecule has 26 heavy (non-hydrogen) atoms. The molecule has 0 aliphatic carbocycles. The van der Waals surface area contributed by atoms with Gasteiger partial charge in [-0.3, -0.25) is 0 Å². The van der Waals surface area contributed by atoms with E-state index in [1.54, 1.807) is 28.4 Å². The zero-order chi connectivity index (χ0) is 19.1. The van der Waals surface area contributed by atoms with E-state index in [0.29, 0.717) is 0 Å². The third kappa shape index (κ3) is 4.13. The number of ether oxygens (including phenoxy) is 4. The van der Waals surface area contributed by atoms with Crippen LogP contribution in [0.15, 0.2) is 48.6 Å². The first-order valence-electron chi connectivity index (χ1n) is 8.66. The van der Waals surface area contributed by atoms with E-state index in [2.05, 4.69) is 31.2 Å². The third-order valence-corrected chi connectivity index (χ3v) is 4.56. The lowest BCUT2D eigenvalue weighted by Gasteiger charge is -2.24. The Morgan fingerprint density at radius 2 is 1.12 bits per heavy atom. The lowest BCUT2D eigenvalue weighted by atomic mass is 9.81.